The quantitative estimate of drug-likeness (QED) is 0.530. The smallest absolute Gasteiger partial charge is 0.127 e. The summed E-state index contributed by atoms with van der Waals surface area (Å²) in [6, 6.07) is 16.3. The van der Waals surface area contributed by atoms with Crippen LogP contribution in [-0.2, 0) is 0 Å². The number of alkyl halides is 1. The molecule has 0 bridgehead atoms. The van der Waals surface area contributed by atoms with Crippen molar-refractivity contribution >= 4 is 27.7 Å². The zero-order valence-corrected chi connectivity index (χ0v) is 12.8. The largest absolute Gasteiger partial charge is 0.457 e. The highest BCUT2D eigenvalue weighted by atomic mass is 79.9. The fraction of sp³-hybridized carbons (Fsp3) is 0.200. The van der Waals surface area contributed by atoms with Crippen molar-refractivity contribution in [2.24, 2.45) is 0 Å². The molecule has 0 aromatic heterocycles. The van der Waals surface area contributed by atoms with Gasteiger partial charge in [0.15, 0.2) is 0 Å². The second-order valence-corrected chi connectivity index (χ2v) is 6.22. The third-order valence-electron chi connectivity index (χ3n) is 2.63. The van der Waals surface area contributed by atoms with E-state index in [4.69, 9.17) is 4.74 Å². The lowest BCUT2D eigenvalue weighted by atomic mass is 10.2. The van der Waals surface area contributed by atoms with E-state index in [2.05, 4.69) is 53.4 Å². The van der Waals surface area contributed by atoms with E-state index in [0.29, 0.717) is 4.83 Å². The van der Waals surface area contributed by atoms with Crippen LogP contribution < -0.4 is 4.74 Å². The van der Waals surface area contributed by atoms with E-state index < -0.39 is 0 Å². The Hall–Kier alpha value is -0.930. The van der Waals surface area contributed by atoms with Gasteiger partial charge < -0.3 is 4.74 Å². The first-order chi connectivity index (χ1) is 8.69. The molecule has 0 fully saturated rings. The van der Waals surface area contributed by atoms with Gasteiger partial charge in [-0.2, -0.15) is 0 Å². The molecule has 0 N–H and O–H groups in total. The molecular formula is C15H15BrOS. The van der Waals surface area contributed by atoms with Crippen molar-refractivity contribution in [2.45, 2.75) is 16.6 Å². The zero-order valence-electron chi connectivity index (χ0n) is 10.4. The number of hydrogen-bond acceptors (Lipinski definition) is 2. The standard InChI is InChI=1S/C15H15BrOS/c1-11(16)12-3-5-13(6-4-12)17-14-7-9-15(18-2)10-8-14/h3-11H,1-2H3. The van der Waals surface area contributed by atoms with E-state index in [0.717, 1.165) is 11.5 Å². The third kappa shape index (κ3) is 3.53. The first-order valence-electron chi connectivity index (χ1n) is 5.75. The fourth-order valence-corrected chi connectivity index (χ4v) is 2.29. The molecule has 0 aliphatic rings. The number of hydrogen-bond donors (Lipinski definition) is 0. The zero-order chi connectivity index (χ0) is 13.0. The van der Waals surface area contributed by atoms with Gasteiger partial charge in [-0.25, -0.2) is 0 Å². The molecule has 0 amide bonds. The molecule has 1 unspecified atom stereocenters. The first-order valence-corrected chi connectivity index (χ1v) is 7.89. The van der Waals surface area contributed by atoms with E-state index in [-0.39, 0.29) is 0 Å². The molecule has 0 spiro atoms. The van der Waals surface area contributed by atoms with Crippen LogP contribution in [0.4, 0.5) is 0 Å². The molecule has 94 valence electrons. The van der Waals surface area contributed by atoms with Gasteiger partial charge >= 0.3 is 0 Å². The number of thioether (sulfide) groups is 1. The predicted molar refractivity (Wildman–Crippen MR) is 82.1 cm³/mol. The number of halogens is 1. The molecule has 2 rings (SSSR count). The maximum atomic E-state index is 5.79. The van der Waals surface area contributed by atoms with Crippen LogP contribution >= 0.6 is 27.7 Å². The second-order valence-electron chi connectivity index (χ2n) is 3.96. The van der Waals surface area contributed by atoms with Crippen LogP contribution in [0.25, 0.3) is 0 Å². The maximum absolute atomic E-state index is 5.79. The van der Waals surface area contributed by atoms with Crippen LogP contribution in [0.2, 0.25) is 0 Å². The Kier molecular flexibility index (Phi) is 4.72. The van der Waals surface area contributed by atoms with Crippen LogP contribution in [-0.4, -0.2) is 6.26 Å². The molecule has 2 aromatic carbocycles. The minimum absolute atomic E-state index is 0.368. The van der Waals surface area contributed by atoms with Gasteiger partial charge in [-0.1, -0.05) is 28.1 Å². The van der Waals surface area contributed by atoms with Crippen LogP contribution in [0.15, 0.2) is 53.4 Å². The molecule has 0 aliphatic heterocycles. The van der Waals surface area contributed by atoms with Crippen LogP contribution in [0, 0.1) is 0 Å². The molecule has 1 atom stereocenters. The van der Waals surface area contributed by atoms with Crippen LogP contribution in [0.5, 0.6) is 11.5 Å². The van der Waals surface area contributed by atoms with Gasteiger partial charge in [-0.05, 0) is 55.1 Å². The summed E-state index contributed by atoms with van der Waals surface area (Å²) in [5.74, 6) is 1.73. The summed E-state index contributed by atoms with van der Waals surface area (Å²) in [5.41, 5.74) is 1.25. The Labute approximate surface area is 121 Å². The average molecular weight is 323 g/mol. The maximum Gasteiger partial charge on any atom is 0.127 e. The van der Waals surface area contributed by atoms with Crippen molar-refractivity contribution in [1.29, 1.82) is 0 Å². The van der Waals surface area contributed by atoms with E-state index in [1.54, 1.807) is 11.8 Å². The van der Waals surface area contributed by atoms with E-state index in [1.807, 2.05) is 24.3 Å². The summed E-state index contributed by atoms with van der Waals surface area (Å²) in [6.07, 6.45) is 2.07. The lowest BCUT2D eigenvalue weighted by Crippen LogP contribution is -1.86. The lowest BCUT2D eigenvalue weighted by molar-refractivity contribution is 0.482. The van der Waals surface area contributed by atoms with E-state index >= 15 is 0 Å². The van der Waals surface area contributed by atoms with Crippen molar-refractivity contribution in [3.63, 3.8) is 0 Å². The molecule has 0 aliphatic carbocycles. The van der Waals surface area contributed by atoms with Crippen LogP contribution in [0.3, 0.4) is 0 Å². The molecule has 0 saturated carbocycles. The topological polar surface area (TPSA) is 9.23 Å². The molecule has 1 nitrogen and oxygen atoms in total. The van der Waals surface area contributed by atoms with Crippen molar-refractivity contribution < 1.29 is 4.74 Å². The number of ether oxygens (including phenoxy) is 1. The van der Waals surface area contributed by atoms with Crippen molar-refractivity contribution in [3.05, 3.63) is 54.1 Å². The summed E-state index contributed by atoms with van der Waals surface area (Å²) in [7, 11) is 0. The third-order valence-corrected chi connectivity index (χ3v) is 3.91. The normalized spacial score (nSPS) is 12.2. The summed E-state index contributed by atoms with van der Waals surface area (Å²) < 4.78 is 5.79. The minimum Gasteiger partial charge on any atom is -0.457 e. The fourth-order valence-electron chi connectivity index (χ4n) is 1.58. The lowest BCUT2D eigenvalue weighted by Gasteiger charge is -2.08. The molecule has 18 heavy (non-hydrogen) atoms. The van der Waals surface area contributed by atoms with E-state index in [1.165, 1.54) is 10.5 Å². The SMILES string of the molecule is CSc1ccc(Oc2ccc(C(C)Br)cc2)cc1. The highest BCUT2D eigenvalue weighted by Crippen LogP contribution is 2.27. The molecule has 2 aromatic rings. The van der Waals surface area contributed by atoms with Gasteiger partial charge in [0, 0.05) is 9.72 Å². The van der Waals surface area contributed by atoms with Gasteiger partial charge in [0.1, 0.15) is 11.5 Å². The highest BCUT2D eigenvalue weighted by molar-refractivity contribution is 9.09. The second kappa shape index (κ2) is 6.30. The van der Waals surface area contributed by atoms with Gasteiger partial charge in [-0.3, -0.25) is 0 Å². The van der Waals surface area contributed by atoms with Crippen molar-refractivity contribution in [1.82, 2.24) is 0 Å². The predicted octanol–water partition coefficient (Wildman–Crippen LogP) is 5.66. The van der Waals surface area contributed by atoms with Gasteiger partial charge in [-0.15, -0.1) is 11.8 Å². The number of rotatable bonds is 4. The Bertz CT molecular complexity index is 491. The summed E-state index contributed by atoms with van der Waals surface area (Å²) in [6.45, 7) is 2.11. The Morgan fingerprint density at radius 1 is 0.944 bits per heavy atom. The number of benzene rings is 2. The van der Waals surface area contributed by atoms with E-state index in [9.17, 15) is 0 Å². The molecule has 0 heterocycles. The molecule has 0 radical (unpaired) electrons. The van der Waals surface area contributed by atoms with Crippen LogP contribution in [0.1, 0.15) is 17.3 Å². The summed E-state index contributed by atoms with van der Waals surface area (Å²) in [5, 5.41) is 0. The first kappa shape index (κ1) is 13.5. The van der Waals surface area contributed by atoms with Gasteiger partial charge in [0.05, 0.1) is 0 Å². The Morgan fingerprint density at radius 3 is 1.89 bits per heavy atom. The van der Waals surface area contributed by atoms with Gasteiger partial charge in [0.25, 0.3) is 0 Å². The van der Waals surface area contributed by atoms with Crippen molar-refractivity contribution in [3.8, 4) is 11.5 Å². The molecule has 0 saturated heterocycles. The highest BCUT2D eigenvalue weighted by Gasteiger charge is 2.01. The Morgan fingerprint density at radius 2 is 1.44 bits per heavy atom. The molecular weight excluding hydrogens is 308 g/mol. The summed E-state index contributed by atoms with van der Waals surface area (Å²) in [4.78, 5) is 1.61. The minimum atomic E-state index is 0.368. The average Bonchev–Trinajstić information content (AvgIpc) is 2.40. The van der Waals surface area contributed by atoms with Crippen molar-refractivity contribution in [2.75, 3.05) is 6.26 Å². The Balaban J connectivity index is 2.08. The summed E-state index contributed by atoms with van der Waals surface area (Å²) >= 11 is 5.27. The van der Waals surface area contributed by atoms with Gasteiger partial charge in [0.2, 0.25) is 0 Å². The monoisotopic (exact) mass is 322 g/mol. The molecule has 3 heteroatoms.